The zero-order chi connectivity index (χ0) is 21.7. The van der Waals surface area contributed by atoms with Crippen molar-refractivity contribution in [2.24, 2.45) is 0 Å². The van der Waals surface area contributed by atoms with Gasteiger partial charge in [0.15, 0.2) is 0 Å². The Hall–Kier alpha value is -3.47. The summed E-state index contributed by atoms with van der Waals surface area (Å²) in [7, 11) is 1.32. The molecule has 30 heavy (non-hydrogen) atoms. The van der Waals surface area contributed by atoms with Gasteiger partial charge in [-0.3, -0.25) is 9.82 Å². The zero-order valence-electron chi connectivity index (χ0n) is 16.0. The van der Waals surface area contributed by atoms with E-state index < -0.39 is 18.2 Å². The lowest BCUT2D eigenvalue weighted by atomic mass is 10.1. The van der Waals surface area contributed by atoms with Crippen LogP contribution in [0.5, 0.6) is 0 Å². The van der Waals surface area contributed by atoms with Crippen molar-refractivity contribution < 1.29 is 32.1 Å². The first-order valence-electron chi connectivity index (χ1n) is 8.66. The fourth-order valence-corrected chi connectivity index (χ4v) is 2.44. The van der Waals surface area contributed by atoms with E-state index >= 15 is 0 Å². The molecule has 158 valence electrons. The molecule has 11 heteroatoms. The largest absolute Gasteiger partial charge is 0.471 e. The van der Waals surface area contributed by atoms with Crippen molar-refractivity contribution in [3.05, 3.63) is 65.3 Å². The summed E-state index contributed by atoms with van der Waals surface area (Å²) in [5.74, 6) is -1.61. The van der Waals surface area contributed by atoms with Crippen LogP contribution in [0.1, 0.15) is 22.6 Å². The number of hydrogen-bond acceptors (Lipinski definition) is 7. The molecule has 0 aliphatic rings. The molecular weight excluding hydrogens is 405 g/mol. The molecule has 1 amide bonds. The summed E-state index contributed by atoms with van der Waals surface area (Å²) < 4.78 is 47.2. The second-order valence-corrected chi connectivity index (χ2v) is 6.19. The Labute approximate surface area is 169 Å². The van der Waals surface area contributed by atoms with Crippen LogP contribution in [0.2, 0.25) is 0 Å². The number of hydrogen-bond donors (Lipinski definition) is 0. The summed E-state index contributed by atoms with van der Waals surface area (Å²) >= 11 is 0. The molecule has 0 spiro atoms. The summed E-state index contributed by atoms with van der Waals surface area (Å²) in [6.07, 6.45) is -2.15. The lowest BCUT2D eigenvalue weighted by Gasteiger charge is -2.19. The molecule has 0 aliphatic heterocycles. The van der Waals surface area contributed by atoms with Gasteiger partial charge in [0, 0.05) is 23.5 Å². The van der Waals surface area contributed by atoms with E-state index in [1.807, 2.05) is 6.92 Å². The fourth-order valence-electron chi connectivity index (χ4n) is 2.44. The normalized spacial score (nSPS) is 11.4. The van der Waals surface area contributed by atoms with Crippen LogP contribution in [0.4, 0.5) is 18.0 Å². The number of carbonyl (C=O) groups excluding carboxylic acids is 1. The zero-order valence-corrected chi connectivity index (χ0v) is 16.0. The third-order valence-corrected chi connectivity index (χ3v) is 4.13. The number of aromatic nitrogens is 3. The van der Waals surface area contributed by atoms with Crippen LogP contribution in [0, 0.1) is 6.92 Å². The van der Waals surface area contributed by atoms with Gasteiger partial charge in [-0.25, -0.2) is 4.79 Å². The molecule has 0 N–H and O–H groups in total. The maximum atomic E-state index is 12.6. The highest BCUT2D eigenvalue weighted by Gasteiger charge is 2.38. The number of pyridine rings is 1. The van der Waals surface area contributed by atoms with Crippen LogP contribution >= 0.6 is 0 Å². The lowest BCUT2D eigenvalue weighted by molar-refractivity contribution is -0.159. The van der Waals surface area contributed by atoms with Gasteiger partial charge in [0.2, 0.25) is 5.82 Å². The van der Waals surface area contributed by atoms with Crippen LogP contribution in [0.3, 0.4) is 0 Å². The maximum Gasteiger partial charge on any atom is 0.471 e. The number of hydroxylamine groups is 2. The maximum absolute atomic E-state index is 12.6. The molecule has 0 unspecified atom stereocenters. The predicted octanol–water partition coefficient (Wildman–Crippen LogP) is 4.16. The summed E-state index contributed by atoms with van der Waals surface area (Å²) in [6, 6.07) is 8.03. The van der Waals surface area contributed by atoms with Gasteiger partial charge in [-0.1, -0.05) is 29.4 Å². The number of carbonyl (C=O) groups is 1. The summed E-state index contributed by atoms with van der Waals surface area (Å²) in [4.78, 5) is 24.7. The highest BCUT2D eigenvalue weighted by atomic mass is 19.4. The summed E-state index contributed by atoms with van der Waals surface area (Å²) in [5.41, 5.74) is 2.68. The Kier molecular flexibility index (Phi) is 6.31. The van der Waals surface area contributed by atoms with E-state index in [4.69, 9.17) is 9.57 Å². The second-order valence-electron chi connectivity index (χ2n) is 6.19. The van der Waals surface area contributed by atoms with Crippen LogP contribution in [0.15, 0.2) is 47.2 Å². The third-order valence-electron chi connectivity index (χ3n) is 4.13. The first-order chi connectivity index (χ1) is 14.3. The molecule has 3 aromatic rings. The average Bonchev–Trinajstić information content (AvgIpc) is 3.22. The van der Waals surface area contributed by atoms with Gasteiger partial charge in [0.1, 0.15) is 6.61 Å². The molecule has 3 rings (SSSR count). The predicted molar refractivity (Wildman–Crippen MR) is 96.4 cm³/mol. The molecule has 8 nitrogen and oxygen atoms in total. The number of rotatable bonds is 6. The lowest BCUT2D eigenvalue weighted by Crippen LogP contribution is -2.30. The Balaban J connectivity index is 1.62. The first-order valence-corrected chi connectivity index (χ1v) is 8.66. The molecule has 2 heterocycles. The standard InChI is InChI=1S/C19H17F3N4O4/c1-12-7-8-23-9-15(12)11-29-18(27)26(28-2)10-13-3-5-14(6-4-13)16-24-17(30-25-16)19(20,21)22/h3-9H,10-11H2,1-2H3. The van der Waals surface area contributed by atoms with Crippen molar-refractivity contribution in [3.8, 4) is 11.4 Å². The minimum Gasteiger partial charge on any atom is -0.443 e. The van der Waals surface area contributed by atoms with E-state index in [0.717, 1.165) is 16.2 Å². The van der Waals surface area contributed by atoms with Gasteiger partial charge in [0.25, 0.3) is 0 Å². The Morgan fingerprint density at radius 3 is 2.53 bits per heavy atom. The molecule has 1 aromatic carbocycles. The minimum absolute atomic E-state index is 0.0384. The van der Waals surface area contributed by atoms with Crippen molar-refractivity contribution in [3.63, 3.8) is 0 Å². The Morgan fingerprint density at radius 2 is 1.93 bits per heavy atom. The highest BCUT2D eigenvalue weighted by Crippen LogP contribution is 2.29. The third kappa shape index (κ3) is 5.11. The van der Waals surface area contributed by atoms with Gasteiger partial charge in [-0.05, 0) is 24.1 Å². The number of nitrogens with zero attached hydrogens (tertiary/aromatic N) is 4. The highest BCUT2D eigenvalue weighted by molar-refractivity contribution is 5.66. The Bertz CT molecular complexity index is 1010. The van der Waals surface area contributed by atoms with Crippen molar-refractivity contribution in [1.82, 2.24) is 20.2 Å². The molecule has 2 aromatic heterocycles. The fraction of sp³-hybridized carbons (Fsp3) is 0.263. The van der Waals surface area contributed by atoms with E-state index in [-0.39, 0.29) is 19.0 Å². The van der Waals surface area contributed by atoms with Gasteiger partial charge in [0.05, 0.1) is 13.7 Å². The van der Waals surface area contributed by atoms with E-state index in [1.54, 1.807) is 30.6 Å². The topological polar surface area (TPSA) is 90.6 Å². The number of aryl methyl sites for hydroxylation is 1. The van der Waals surface area contributed by atoms with Crippen LogP contribution in [-0.2, 0) is 28.9 Å². The first kappa shape index (κ1) is 21.2. The number of ether oxygens (including phenoxy) is 1. The molecule has 0 saturated heterocycles. The number of alkyl halides is 3. The van der Waals surface area contributed by atoms with Gasteiger partial charge in [-0.2, -0.15) is 23.2 Å². The van der Waals surface area contributed by atoms with Gasteiger partial charge in [-0.15, -0.1) is 0 Å². The van der Waals surface area contributed by atoms with Crippen molar-refractivity contribution in [1.29, 1.82) is 0 Å². The van der Waals surface area contributed by atoms with Crippen LogP contribution in [0.25, 0.3) is 11.4 Å². The minimum atomic E-state index is -4.71. The molecule has 0 bridgehead atoms. The van der Waals surface area contributed by atoms with Gasteiger partial charge < -0.3 is 9.26 Å². The van der Waals surface area contributed by atoms with Crippen molar-refractivity contribution in [2.45, 2.75) is 26.3 Å². The SMILES string of the molecule is CON(Cc1ccc(-c2noc(C(F)(F)F)n2)cc1)C(=O)OCc1cnccc1C. The van der Waals surface area contributed by atoms with E-state index in [9.17, 15) is 18.0 Å². The summed E-state index contributed by atoms with van der Waals surface area (Å²) in [5, 5.41) is 4.34. The van der Waals surface area contributed by atoms with Crippen LogP contribution < -0.4 is 0 Å². The second kappa shape index (κ2) is 8.91. The molecule has 0 atom stereocenters. The average molecular weight is 422 g/mol. The monoisotopic (exact) mass is 422 g/mol. The molecule has 0 fully saturated rings. The van der Waals surface area contributed by atoms with E-state index in [0.29, 0.717) is 11.1 Å². The van der Waals surface area contributed by atoms with Crippen molar-refractivity contribution in [2.75, 3.05) is 7.11 Å². The Morgan fingerprint density at radius 1 is 1.20 bits per heavy atom. The number of amides is 1. The van der Waals surface area contributed by atoms with E-state index in [2.05, 4.69) is 19.6 Å². The molecule has 0 saturated carbocycles. The molecular formula is C19H17F3N4O4. The smallest absolute Gasteiger partial charge is 0.443 e. The van der Waals surface area contributed by atoms with Crippen LogP contribution in [-0.4, -0.2) is 33.4 Å². The number of benzene rings is 1. The summed E-state index contributed by atoms with van der Waals surface area (Å²) in [6.45, 7) is 1.97. The van der Waals surface area contributed by atoms with E-state index in [1.165, 1.54) is 19.2 Å². The van der Waals surface area contributed by atoms with Gasteiger partial charge >= 0.3 is 18.2 Å². The molecule has 0 radical (unpaired) electrons. The number of halogens is 3. The molecule has 0 aliphatic carbocycles. The van der Waals surface area contributed by atoms with Crippen molar-refractivity contribution >= 4 is 6.09 Å². The quantitative estimate of drug-likeness (QED) is 0.551.